The normalized spacial score (nSPS) is 12.6. The highest BCUT2D eigenvalue weighted by molar-refractivity contribution is 7.16. The van der Waals surface area contributed by atoms with Crippen molar-refractivity contribution in [1.82, 2.24) is 14.7 Å². The van der Waals surface area contributed by atoms with Gasteiger partial charge in [0.1, 0.15) is 5.56 Å². The minimum atomic E-state index is -0.425. The van der Waals surface area contributed by atoms with Gasteiger partial charge in [-0.2, -0.15) is 0 Å². The SMILES string of the molecule is Cc1cn2c(=O)c(C(=O)NCC(C)CCO)cnc2s1. The second kappa shape index (κ2) is 6.15. The Morgan fingerprint density at radius 3 is 3.05 bits per heavy atom. The van der Waals surface area contributed by atoms with Gasteiger partial charge in [0, 0.05) is 30.4 Å². The highest BCUT2D eigenvalue weighted by Crippen LogP contribution is 2.12. The zero-order valence-electron chi connectivity index (χ0n) is 11.4. The molecule has 1 unspecified atom stereocenters. The average Bonchev–Trinajstić information content (AvgIpc) is 2.78. The van der Waals surface area contributed by atoms with Gasteiger partial charge in [0.05, 0.1) is 0 Å². The van der Waals surface area contributed by atoms with Crippen LogP contribution in [0.1, 0.15) is 28.6 Å². The Labute approximate surface area is 120 Å². The minimum Gasteiger partial charge on any atom is -0.396 e. The third kappa shape index (κ3) is 3.05. The molecule has 2 N–H and O–H groups in total. The van der Waals surface area contributed by atoms with E-state index in [1.807, 2.05) is 13.8 Å². The number of rotatable bonds is 5. The number of fused-ring (bicyclic) bond motifs is 1. The van der Waals surface area contributed by atoms with Crippen molar-refractivity contribution in [3.05, 3.63) is 33.2 Å². The van der Waals surface area contributed by atoms with Gasteiger partial charge in [-0.15, -0.1) is 11.3 Å². The third-order valence-electron chi connectivity index (χ3n) is 3.00. The second-order valence-corrected chi connectivity index (χ2v) is 6.01. The maximum Gasteiger partial charge on any atom is 0.271 e. The number of amides is 1. The lowest BCUT2D eigenvalue weighted by atomic mass is 10.1. The molecule has 2 aromatic rings. The molecule has 1 atom stereocenters. The molecular formula is C13H17N3O3S. The highest BCUT2D eigenvalue weighted by atomic mass is 32.1. The molecule has 0 bridgehead atoms. The Morgan fingerprint density at radius 2 is 2.35 bits per heavy atom. The van der Waals surface area contributed by atoms with E-state index in [9.17, 15) is 9.59 Å². The maximum atomic E-state index is 12.2. The fraction of sp³-hybridized carbons (Fsp3) is 0.462. The summed E-state index contributed by atoms with van der Waals surface area (Å²) >= 11 is 1.40. The molecule has 0 radical (unpaired) electrons. The van der Waals surface area contributed by atoms with Crippen LogP contribution >= 0.6 is 11.3 Å². The van der Waals surface area contributed by atoms with E-state index in [0.29, 0.717) is 17.9 Å². The summed E-state index contributed by atoms with van der Waals surface area (Å²) in [6, 6.07) is 0. The Hall–Kier alpha value is -1.73. The number of hydrogen-bond acceptors (Lipinski definition) is 5. The fourth-order valence-corrected chi connectivity index (χ4v) is 2.62. The summed E-state index contributed by atoms with van der Waals surface area (Å²) < 4.78 is 1.39. The summed E-state index contributed by atoms with van der Waals surface area (Å²) in [5.41, 5.74) is -0.317. The molecule has 0 saturated heterocycles. The van der Waals surface area contributed by atoms with Crippen LogP contribution in [-0.2, 0) is 0 Å². The van der Waals surface area contributed by atoms with Gasteiger partial charge >= 0.3 is 0 Å². The summed E-state index contributed by atoms with van der Waals surface area (Å²) in [5, 5.41) is 11.5. The lowest BCUT2D eigenvalue weighted by Crippen LogP contribution is -2.33. The van der Waals surface area contributed by atoms with Crippen LogP contribution in [0.15, 0.2) is 17.2 Å². The molecular weight excluding hydrogens is 278 g/mol. The van der Waals surface area contributed by atoms with Crippen LogP contribution in [0.5, 0.6) is 0 Å². The van der Waals surface area contributed by atoms with Crippen molar-refractivity contribution < 1.29 is 9.90 Å². The van der Waals surface area contributed by atoms with E-state index in [4.69, 9.17) is 5.11 Å². The molecule has 0 spiro atoms. The van der Waals surface area contributed by atoms with E-state index in [2.05, 4.69) is 10.3 Å². The van der Waals surface area contributed by atoms with Crippen molar-refractivity contribution in [3.63, 3.8) is 0 Å². The van der Waals surface area contributed by atoms with Crippen molar-refractivity contribution in [2.24, 2.45) is 5.92 Å². The summed E-state index contributed by atoms with van der Waals surface area (Å²) in [7, 11) is 0. The summed E-state index contributed by atoms with van der Waals surface area (Å²) in [5.74, 6) is -0.266. The largest absolute Gasteiger partial charge is 0.396 e. The summed E-state index contributed by atoms with van der Waals surface area (Å²) in [6.45, 7) is 4.31. The molecule has 7 heteroatoms. The van der Waals surface area contributed by atoms with E-state index < -0.39 is 5.91 Å². The van der Waals surface area contributed by atoms with Gasteiger partial charge in [0.15, 0.2) is 4.96 Å². The molecule has 6 nitrogen and oxygen atoms in total. The number of carbonyl (C=O) groups is 1. The van der Waals surface area contributed by atoms with E-state index >= 15 is 0 Å². The van der Waals surface area contributed by atoms with Crippen molar-refractivity contribution in [1.29, 1.82) is 0 Å². The number of nitrogens with one attached hydrogen (secondary N) is 1. The second-order valence-electron chi connectivity index (χ2n) is 4.80. The smallest absolute Gasteiger partial charge is 0.271 e. The van der Waals surface area contributed by atoms with Crippen molar-refractivity contribution in [2.75, 3.05) is 13.2 Å². The van der Waals surface area contributed by atoms with Gasteiger partial charge in [-0.1, -0.05) is 6.92 Å². The lowest BCUT2D eigenvalue weighted by Gasteiger charge is -2.10. The number of hydrogen-bond donors (Lipinski definition) is 2. The van der Waals surface area contributed by atoms with Crippen molar-refractivity contribution in [3.8, 4) is 0 Å². The zero-order chi connectivity index (χ0) is 14.7. The summed E-state index contributed by atoms with van der Waals surface area (Å²) in [6.07, 6.45) is 3.61. The van der Waals surface area contributed by atoms with E-state index in [-0.39, 0.29) is 23.6 Å². The topological polar surface area (TPSA) is 83.7 Å². The number of aliphatic hydroxyl groups excluding tert-OH is 1. The Balaban J connectivity index is 2.18. The van der Waals surface area contributed by atoms with Crippen LogP contribution in [0.2, 0.25) is 0 Å². The number of aromatic nitrogens is 2. The van der Waals surface area contributed by atoms with Gasteiger partial charge < -0.3 is 10.4 Å². The third-order valence-corrected chi connectivity index (χ3v) is 3.91. The predicted octanol–water partition coefficient (Wildman–Crippen LogP) is 0.813. The molecule has 0 aliphatic rings. The standard InChI is InChI=1S/C13H17N3O3S/c1-8(3-4-17)5-14-11(18)10-6-15-13-16(12(10)19)7-9(2)20-13/h6-8,17H,3-5H2,1-2H3,(H,14,18). The van der Waals surface area contributed by atoms with E-state index in [1.165, 1.54) is 21.9 Å². The Morgan fingerprint density at radius 1 is 1.60 bits per heavy atom. The molecule has 2 rings (SSSR count). The van der Waals surface area contributed by atoms with Gasteiger partial charge in [-0.05, 0) is 19.3 Å². The first-order valence-electron chi connectivity index (χ1n) is 6.39. The maximum absolute atomic E-state index is 12.2. The van der Waals surface area contributed by atoms with Crippen molar-refractivity contribution >= 4 is 22.2 Å². The van der Waals surface area contributed by atoms with Crippen molar-refractivity contribution in [2.45, 2.75) is 20.3 Å². The first-order valence-corrected chi connectivity index (χ1v) is 7.21. The van der Waals surface area contributed by atoms with Crippen LogP contribution in [0.3, 0.4) is 0 Å². The first-order chi connectivity index (χ1) is 9.52. The molecule has 0 aromatic carbocycles. The zero-order valence-corrected chi connectivity index (χ0v) is 12.2. The van der Waals surface area contributed by atoms with Gasteiger partial charge in [-0.3, -0.25) is 14.0 Å². The van der Waals surface area contributed by atoms with Gasteiger partial charge in [-0.25, -0.2) is 4.98 Å². The summed E-state index contributed by atoms with van der Waals surface area (Å²) in [4.78, 5) is 29.9. The number of carbonyl (C=O) groups excluding carboxylic acids is 1. The molecule has 0 aliphatic heterocycles. The average molecular weight is 295 g/mol. The van der Waals surface area contributed by atoms with Gasteiger partial charge in [0.2, 0.25) is 0 Å². The molecule has 0 saturated carbocycles. The number of thiazole rings is 1. The highest BCUT2D eigenvalue weighted by Gasteiger charge is 2.14. The first kappa shape index (κ1) is 14.7. The quantitative estimate of drug-likeness (QED) is 0.855. The number of nitrogens with zero attached hydrogens (tertiary/aromatic N) is 2. The predicted molar refractivity (Wildman–Crippen MR) is 77.3 cm³/mol. The monoisotopic (exact) mass is 295 g/mol. The minimum absolute atomic E-state index is 0.0384. The molecule has 1 amide bonds. The molecule has 0 fully saturated rings. The van der Waals surface area contributed by atoms with Crippen LogP contribution in [0.4, 0.5) is 0 Å². The van der Waals surface area contributed by atoms with Crippen LogP contribution in [-0.4, -0.2) is 33.6 Å². The fourth-order valence-electron chi connectivity index (χ4n) is 1.84. The van der Waals surface area contributed by atoms with Gasteiger partial charge in [0.25, 0.3) is 11.5 Å². The van der Waals surface area contributed by atoms with Crippen LogP contribution in [0, 0.1) is 12.8 Å². The molecule has 2 aromatic heterocycles. The Bertz CT molecular complexity index is 677. The van der Waals surface area contributed by atoms with Crippen LogP contribution in [0.25, 0.3) is 4.96 Å². The Kier molecular flexibility index (Phi) is 4.51. The molecule has 0 aliphatic carbocycles. The molecule has 108 valence electrons. The molecule has 20 heavy (non-hydrogen) atoms. The van der Waals surface area contributed by atoms with E-state index in [1.54, 1.807) is 6.20 Å². The van der Waals surface area contributed by atoms with E-state index in [0.717, 1.165) is 4.88 Å². The lowest BCUT2D eigenvalue weighted by molar-refractivity contribution is 0.0943. The van der Waals surface area contributed by atoms with Crippen LogP contribution < -0.4 is 10.9 Å². The number of aliphatic hydroxyl groups is 1. The number of aryl methyl sites for hydroxylation is 1. The molecule has 2 heterocycles.